The Hall–Kier alpha value is -1.63. The van der Waals surface area contributed by atoms with Gasteiger partial charge in [0.25, 0.3) is 0 Å². The molecule has 0 N–H and O–H groups in total. The zero-order valence-electron chi connectivity index (χ0n) is 13.6. The van der Waals surface area contributed by atoms with Gasteiger partial charge in [-0.15, -0.1) is 0 Å². The highest BCUT2D eigenvalue weighted by atomic mass is 14.7. The first-order chi connectivity index (χ1) is 9.43. The van der Waals surface area contributed by atoms with Gasteiger partial charge in [0.05, 0.1) is 0 Å². The van der Waals surface area contributed by atoms with E-state index in [1.54, 1.807) is 0 Å². The summed E-state index contributed by atoms with van der Waals surface area (Å²) in [4.78, 5) is 4.20. The van der Waals surface area contributed by atoms with Gasteiger partial charge in [-0.2, -0.15) is 0 Å². The minimum Gasteiger partial charge on any atom is -0.261 e. The molecule has 0 unspecified atom stereocenters. The van der Waals surface area contributed by atoms with Crippen LogP contribution in [0.3, 0.4) is 0 Å². The number of rotatable bonds is 2. The van der Waals surface area contributed by atoms with Crippen molar-refractivity contribution in [3.05, 3.63) is 65.0 Å². The van der Waals surface area contributed by atoms with E-state index in [9.17, 15) is 0 Å². The number of pyridine rings is 1. The van der Waals surface area contributed by atoms with Gasteiger partial charge in [-0.1, -0.05) is 58.0 Å². The summed E-state index contributed by atoms with van der Waals surface area (Å²) < 4.78 is 0. The lowest BCUT2D eigenvalue weighted by molar-refractivity contribution is 0.843. The summed E-state index contributed by atoms with van der Waals surface area (Å²) in [5.74, 6) is 1.25. The lowest BCUT2D eigenvalue weighted by Crippen LogP contribution is -1.92. The van der Waals surface area contributed by atoms with E-state index in [0.29, 0.717) is 11.8 Å². The average molecular weight is 269 g/mol. The van der Waals surface area contributed by atoms with Gasteiger partial charge in [-0.3, -0.25) is 4.98 Å². The van der Waals surface area contributed by atoms with Crippen molar-refractivity contribution in [2.75, 3.05) is 0 Å². The van der Waals surface area contributed by atoms with Crippen LogP contribution in [-0.2, 0) is 0 Å². The van der Waals surface area contributed by atoms with Crippen LogP contribution in [-0.4, -0.2) is 4.98 Å². The fourth-order valence-corrected chi connectivity index (χ4v) is 2.34. The second kappa shape index (κ2) is 7.84. The lowest BCUT2D eigenvalue weighted by Gasteiger charge is -2.07. The van der Waals surface area contributed by atoms with Crippen LogP contribution >= 0.6 is 0 Å². The summed E-state index contributed by atoms with van der Waals surface area (Å²) in [6.45, 7) is 13.0. The molecular weight excluding hydrogens is 242 g/mol. The average Bonchev–Trinajstić information content (AvgIpc) is 2.40. The molecule has 1 aromatic heterocycles. The summed E-state index contributed by atoms with van der Waals surface area (Å²) in [6.07, 6.45) is 1.83. The Morgan fingerprint density at radius 2 is 1.30 bits per heavy atom. The van der Waals surface area contributed by atoms with E-state index >= 15 is 0 Å². The Labute approximate surface area is 124 Å². The van der Waals surface area contributed by atoms with E-state index in [1.807, 2.05) is 12.3 Å². The van der Waals surface area contributed by atoms with E-state index in [-0.39, 0.29) is 0 Å². The Morgan fingerprint density at radius 1 is 0.750 bits per heavy atom. The molecule has 0 spiro atoms. The highest BCUT2D eigenvalue weighted by Gasteiger charge is 2.01. The predicted molar refractivity (Wildman–Crippen MR) is 88.3 cm³/mol. The first-order valence-corrected chi connectivity index (χ1v) is 7.40. The smallest absolute Gasteiger partial charge is 0.0407 e. The second-order valence-corrected chi connectivity index (χ2v) is 5.84. The molecule has 1 heteroatoms. The molecule has 2 rings (SSSR count). The molecular formula is C19H27N. The predicted octanol–water partition coefficient (Wildman–Crippen LogP) is 5.63. The molecule has 0 bridgehead atoms. The normalized spacial score (nSPS) is 10.4. The first-order valence-electron chi connectivity index (χ1n) is 7.40. The third-order valence-corrected chi connectivity index (χ3v) is 3.48. The molecule has 2 aromatic rings. The van der Waals surface area contributed by atoms with Crippen molar-refractivity contribution in [2.45, 2.75) is 53.4 Å². The highest BCUT2D eigenvalue weighted by molar-refractivity contribution is 5.27. The minimum absolute atomic E-state index is 0.591. The van der Waals surface area contributed by atoms with E-state index < -0.39 is 0 Å². The molecule has 1 aromatic carbocycles. The second-order valence-electron chi connectivity index (χ2n) is 5.84. The monoisotopic (exact) mass is 269 g/mol. The van der Waals surface area contributed by atoms with E-state index in [2.05, 4.69) is 76.9 Å². The number of hydrogen-bond donors (Lipinski definition) is 0. The third-order valence-electron chi connectivity index (χ3n) is 3.48. The van der Waals surface area contributed by atoms with Crippen LogP contribution in [0.15, 0.2) is 42.6 Å². The summed E-state index contributed by atoms with van der Waals surface area (Å²) >= 11 is 0. The molecule has 0 aliphatic rings. The van der Waals surface area contributed by atoms with Gasteiger partial charge >= 0.3 is 0 Å². The lowest BCUT2D eigenvalue weighted by atomic mass is 9.99. The Balaban J connectivity index is 0.000000200. The summed E-state index contributed by atoms with van der Waals surface area (Å²) in [6, 6.07) is 12.7. The minimum atomic E-state index is 0.591. The van der Waals surface area contributed by atoms with Crippen LogP contribution in [0.1, 0.15) is 61.9 Å². The molecule has 0 amide bonds. The number of nitrogens with zero attached hydrogens (tertiary/aromatic N) is 1. The van der Waals surface area contributed by atoms with Crippen LogP contribution in [0, 0.1) is 13.8 Å². The van der Waals surface area contributed by atoms with Crippen LogP contribution in [0.2, 0.25) is 0 Å². The maximum absolute atomic E-state index is 4.20. The SMILES string of the molecule is Cc1ccccc1C(C)C.Cc1ncccc1C(C)C. The van der Waals surface area contributed by atoms with E-state index in [0.717, 1.165) is 5.69 Å². The number of aryl methyl sites for hydroxylation is 2. The molecule has 20 heavy (non-hydrogen) atoms. The number of aromatic nitrogens is 1. The quantitative estimate of drug-likeness (QED) is 0.688. The molecule has 0 saturated carbocycles. The van der Waals surface area contributed by atoms with E-state index in [1.165, 1.54) is 16.7 Å². The zero-order chi connectivity index (χ0) is 15.1. The Morgan fingerprint density at radius 3 is 1.70 bits per heavy atom. The molecule has 108 valence electrons. The summed E-state index contributed by atoms with van der Waals surface area (Å²) in [5.41, 5.74) is 5.36. The fraction of sp³-hybridized carbons (Fsp3) is 0.421. The summed E-state index contributed by atoms with van der Waals surface area (Å²) in [7, 11) is 0. The zero-order valence-corrected chi connectivity index (χ0v) is 13.6. The van der Waals surface area contributed by atoms with Crippen molar-refractivity contribution in [3.63, 3.8) is 0 Å². The van der Waals surface area contributed by atoms with E-state index in [4.69, 9.17) is 0 Å². The van der Waals surface area contributed by atoms with Crippen molar-refractivity contribution in [1.29, 1.82) is 0 Å². The van der Waals surface area contributed by atoms with Gasteiger partial charge in [0.2, 0.25) is 0 Å². The highest BCUT2D eigenvalue weighted by Crippen LogP contribution is 2.17. The van der Waals surface area contributed by atoms with Gasteiger partial charge in [-0.25, -0.2) is 0 Å². The molecule has 0 atom stereocenters. The third kappa shape index (κ3) is 4.80. The molecule has 0 aliphatic carbocycles. The maximum Gasteiger partial charge on any atom is 0.0407 e. The molecule has 0 saturated heterocycles. The van der Waals surface area contributed by atoms with Crippen LogP contribution in [0.25, 0.3) is 0 Å². The van der Waals surface area contributed by atoms with Crippen LogP contribution < -0.4 is 0 Å². The molecule has 0 radical (unpaired) electrons. The maximum atomic E-state index is 4.20. The first kappa shape index (κ1) is 16.4. The standard InChI is InChI=1S/C10H14.C9H13N/c1-8(2)10-7-5-4-6-9(10)3;1-7(2)9-5-4-6-10-8(9)3/h4-8H,1-3H3;4-7H,1-3H3. The Kier molecular flexibility index (Phi) is 6.44. The van der Waals surface area contributed by atoms with Gasteiger partial charge in [0.1, 0.15) is 0 Å². The molecule has 1 nitrogen and oxygen atoms in total. The summed E-state index contributed by atoms with van der Waals surface area (Å²) in [5, 5.41) is 0. The van der Waals surface area contributed by atoms with Crippen molar-refractivity contribution >= 4 is 0 Å². The Bertz CT molecular complexity index is 477. The van der Waals surface area contributed by atoms with Crippen LogP contribution in [0.5, 0.6) is 0 Å². The van der Waals surface area contributed by atoms with Crippen LogP contribution in [0.4, 0.5) is 0 Å². The molecule has 0 aliphatic heterocycles. The van der Waals surface area contributed by atoms with Gasteiger partial charge in [0, 0.05) is 11.9 Å². The van der Waals surface area contributed by atoms with Crippen molar-refractivity contribution < 1.29 is 0 Å². The van der Waals surface area contributed by atoms with Gasteiger partial charge < -0.3 is 0 Å². The topological polar surface area (TPSA) is 12.9 Å². The molecule has 0 fully saturated rings. The number of benzene rings is 1. The largest absolute Gasteiger partial charge is 0.261 e. The van der Waals surface area contributed by atoms with Gasteiger partial charge in [0.15, 0.2) is 0 Å². The number of hydrogen-bond acceptors (Lipinski definition) is 1. The van der Waals surface area contributed by atoms with Crippen molar-refractivity contribution in [1.82, 2.24) is 4.98 Å². The van der Waals surface area contributed by atoms with Crippen molar-refractivity contribution in [3.8, 4) is 0 Å². The molecule has 1 heterocycles. The van der Waals surface area contributed by atoms with Gasteiger partial charge in [-0.05, 0) is 48.4 Å². The van der Waals surface area contributed by atoms with Crippen molar-refractivity contribution in [2.24, 2.45) is 0 Å². The fourth-order valence-electron chi connectivity index (χ4n) is 2.34.